The third-order valence-electron chi connectivity index (χ3n) is 5.13. The molecule has 1 aromatic carbocycles. The molecule has 9 nitrogen and oxygen atoms in total. The molecule has 3 rings (SSSR count). The van der Waals surface area contributed by atoms with Crippen molar-refractivity contribution in [2.45, 2.75) is 57.7 Å². The molecule has 1 atom stereocenters. The molecule has 5 N–H and O–H groups in total. The molecule has 2 amide bonds. The van der Waals surface area contributed by atoms with Crippen molar-refractivity contribution in [3.8, 4) is 0 Å². The SMILES string of the molecule is CC(C)(C)OC(=O)[C@H](Cc1ccccc1)NC(=O)c1nc[nH]c1C(=O)NC1CC[NH2+]CC1.[Cl-]. The monoisotopic (exact) mass is 477 g/mol. The molecule has 1 aliphatic rings. The van der Waals surface area contributed by atoms with Crippen molar-refractivity contribution in [3.63, 3.8) is 0 Å². The highest BCUT2D eigenvalue weighted by Gasteiger charge is 2.30. The highest BCUT2D eigenvalue weighted by Crippen LogP contribution is 2.13. The summed E-state index contributed by atoms with van der Waals surface area (Å²) in [4.78, 5) is 45.3. The number of benzene rings is 1. The summed E-state index contributed by atoms with van der Waals surface area (Å²) in [7, 11) is 0. The summed E-state index contributed by atoms with van der Waals surface area (Å²) in [6, 6.07) is 8.50. The zero-order valence-corrected chi connectivity index (χ0v) is 19.9. The predicted molar refractivity (Wildman–Crippen MR) is 118 cm³/mol. The number of aromatic amines is 1. The molecule has 2 aromatic rings. The third-order valence-corrected chi connectivity index (χ3v) is 5.13. The maximum Gasteiger partial charge on any atom is 0.329 e. The van der Waals surface area contributed by atoms with Crippen LogP contribution in [0.15, 0.2) is 36.7 Å². The quantitative estimate of drug-likeness (QED) is 0.329. The topological polar surface area (TPSA) is 130 Å². The van der Waals surface area contributed by atoms with Crippen LogP contribution in [0, 0.1) is 0 Å². The third kappa shape index (κ3) is 7.87. The van der Waals surface area contributed by atoms with Gasteiger partial charge in [-0.2, -0.15) is 0 Å². The number of hydrogen-bond donors (Lipinski definition) is 4. The molecule has 1 fully saturated rings. The lowest BCUT2D eigenvalue weighted by Gasteiger charge is -2.24. The summed E-state index contributed by atoms with van der Waals surface area (Å²) in [6.45, 7) is 7.22. The zero-order valence-electron chi connectivity index (χ0n) is 19.2. The number of nitrogens with two attached hydrogens (primary N) is 1. The zero-order chi connectivity index (χ0) is 23.1. The van der Waals surface area contributed by atoms with Crippen LogP contribution in [0.4, 0.5) is 0 Å². The van der Waals surface area contributed by atoms with Crippen LogP contribution in [-0.2, 0) is 16.0 Å². The molecule has 0 unspecified atom stereocenters. The van der Waals surface area contributed by atoms with Gasteiger partial charge in [0.1, 0.15) is 17.3 Å². The molecule has 0 aliphatic carbocycles. The number of carbonyl (C=O) groups excluding carboxylic acids is 3. The molecule has 0 saturated carbocycles. The average Bonchev–Trinajstić information content (AvgIpc) is 3.24. The first-order valence-electron chi connectivity index (χ1n) is 11.0. The van der Waals surface area contributed by atoms with E-state index in [0.29, 0.717) is 0 Å². The number of piperidine rings is 1. The molecule has 1 aromatic heterocycles. The van der Waals surface area contributed by atoms with Gasteiger partial charge >= 0.3 is 5.97 Å². The second kappa shape index (κ2) is 11.8. The largest absolute Gasteiger partial charge is 1.00 e. The Morgan fingerprint density at radius 1 is 1.15 bits per heavy atom. The minimum absolute atomic E-state index is 0. The maximum absolute atomic E-state index is 13.0. The Morgan fingerprint density at radius 3 is 2.45 bits per heavy atom. The Labute approximate surface area is 199 Å². The number of amides is 2. The summed E-state index contributed by atoms with van der Waals surface area (Å²) in [5.74, 6) is -1.54. The normalized spacial score (nSPS) is 15.1. The van der Waals surface area contributed by atoms with Gasteiger partial charge in [0.2, 0.25) is 0 Å². The molecular formula is C23H32ClN5O4. The molecule has 0 bridgehead atoms. The number of aromatic nitrogens is 2. The number of rotatable bonds is 7. The van der Waals surface area contributed by atoms with E-state index in [0.717, 1.165) is 31.5 Å². The van der Waals surface area contributed by atoms with Gasteiger partial charge in [0, 0.05) is 25.3 Å². The van der Waals surface area contributed by atoms with Crippen molar-refractivity contribution < 1.29 is 36.8 Å². The number of quaternary nitrogens is 1. The van der Waals surface area contributed by atoms with Crippen LogP contribution in [0.5, 0.6) is 0 Å². The Morgan fingerprint density at radius 2 is 1.82 bits per heavy atom. The first-order chi connectivity index (χ1) is 15.2. The van der Waals surface area contributed by atoms with Gasteiger partial charge in [0.15, 0.2) is 5.69 Å². The van der Waals surface area contributed by atoms with Crippen molar-refractivity contribution >= 4 is 17.8 Å². The summed E-state index contributed by atoms with van der Waals surface area (Å²) in [6.07, 6.45) is 3.31. The number of esters is 1. The van der Waals surface area contributed by atoms with E-state index in [2.05, 4.69) is 25.9 Å². The highest BCUT2D eigenvalue weighted by atomic mass is 35.5. The van der Waals surface area contributed by atoms with E-state index >= 15 is 0 Å². The number of halogens is 1. The Kier molecular flexibility index (Phi) is 9.43. The Balaban J connectivity index is 0.00000385. The number of ether oxygens (including phenoxy) is 1. The van der Waals surface area contributed by atoms with E-state index in [1.54, 1.807) is 20.8 Å². The second-order valence-corrected chi connectivity index (χ2v) is 8.99. The van der Waals surface area contributed by atoms with Gasteiger partial charge in [-0.05, 0) is 26.3 Å². The summed E-state index contributed by atoms with van der Waals surface area (Å²) >= 11 is 0. The smallest absolute Gasteiger partial charge is 0.329 e. The van der Waals surface area contributed by atoms with E-state index in [9.17, 15) is 14.4 Å². The molecule has 0 spiro atoms. The summed E-state index contributed by atoms with van der Waals surface area (Å²) < 4.78 is 5.50. The van der Waals surface area contributed by atoms with Crippen LogP contribution in [0.2, 0.25) is 0 Å². The van der Waals surface area contributed by atoms with Gasteiger partial charge in [-0.15, -0.1) is 0 Å². The minimum atomic E-state index is -0.925. The lowest BCUT2D eigenvalue weighted by molar-refractivity contribution is -0.663. The van der Waals surface area contributed by atoms with Gasteiger partial charge in [0.05, 0.1) is 19.4 Å². The van der Waals surface area contributed by atoms with Crippen LogP contribution < -0.4 is 28.4 Å². The first kappa shape index (κ1) is 26.3. The van der Waals surface area contributed by atoms with Crippen molar-refractivity contribution in [1.29, 1.82) is 0 Å². The number of imidazole rings is 1. The van der Waals surface area contributed by atoms with Gasteiger partial charge in [-0.25, -0.2) is 9.78 Å². The predicted octanol–water partition coefficient (Wildman–Crippen LogP) is -2.45. The number of nitrogens with one attached hydrogen (secondary N) is 3. The van der Waals surface area contributed by atoms with Crippen LogP contribution >= 0.6 is 0 Å². The standard InChI is InChI=1S/C23H31N5O4.ClH/c1-23(2,3)32-22(31)17(13-15-7-5-4-6-8-15)28-21(30)19-18(25-14-26-19)20(29)27-16-9-11-24-12-10-16;/h4-8,14,16-17,24H,9-13H2,1-3H3,(H,25,26)(H,27,29)(H,28,30);1H/t17-;/m0./s1. The molecule has 1 saturated heterocycles. The van der Waals surface area contributed by atoms with E-state index in [4.69, 9.17) is 4.74 Å². The van der Waals surface area contributed by atoms with Crippen molar-refractivity contribution in [1.82, 2.24) is 20.6 Å². The molecule has 2 heterocycles. The average molecular weight is 478 g/mol. The van der Waals surface area contributed by atoms with Crippen molar-refractivity contribution in [3.05, 3.63) is 53.6 Å². The maximum atomic E-state index is 13.0. The summed E-state index contributed by atoms with van der Waals surface area (Å²) in [5, 5.41) is 7.88. The van der Waals surface area contributed by atoms with E-state index < -0.39 is 23.5 Å². The molecule has 180 valence electrons. The fourth-order valence-corrected chi connectivity index (χ4v) is 3.61. The molecule has 33 heavy (non-hydrogen) atoms. The number of H-pyrrole nitrogens is 1. The fourth-order valence-electron chi connectivity index (χ4n) is 3.61. The fraction of sp³-hybridized carbons (Fsp3) is 0.478. The van der Waals surface area contributed by atoms with E-state index in [-0.39, 0.29) is 42.2 Å². The van der Waals surface area contributed by atoms with Crippen LogP contribution in [0.25, 0.3) is 0 Å². The molecule has 0 radical (unpaired) electrons. The van der Waals surface area contributed by atoms with Gasteiger partial charge in [-0.1, -0.05) is 30.3 Å². The van der Waals surface area contributed by atoms with Crippen molar-refractivity contribution in [2.75, 3.05) is 13.1 Å². The number of nitrogens with zero attached hydrogens (tertiary/aromatic N) is 1. The minimum Gasteiger partial charge on any atom is -1.00 e. The first-order valence-corrected chi connectivity index (χ1v) is 11.0. The second-order valence-electron chi connectivity index (χ2n) is 8.99. The summed E-state index contributed by atoms with van der Waals surface area (Å²) in [5.41, 5.74) is 0.204. The number of carbonyl (C=O) groups is 3. The van der Waals surface area contributed by atoms with Crippen LogP contribution in [-0.4, -0.2) is 58.5 Å². The molecule has 1 aliphatic heterocycles. The van der Waals surface area contributed by atoms with Crippen molar-refractivity contribution in [2.24, 2.45) is 0 Å². The Bertz CT molecular complexity index is 936. The van der Waals surface area contributed by atoms with Gasteiger partial charge < -0.3 is 38.1 Å². The Hall–Kier alpha value is -2.91. The van der Waals surface area contributed by atoms with Gasteiger partial charge in [-0.3, -0.25) is 9.59 Å². The number of hydrogen-bond acceptors (Lipinski definition) is 5. The van der Waals surface area contributed by atoms with Crippen LogP contribution in [0.1, 0.15) is 60.2 Å². The lowest BCUT2D eigenvalue weighted by atomic mass is 10.0. The molecular weight excluding hydrogens is 446 g/mol. The molecule has 10 heteroatoms. The van der Waals surface area contributed by atoms with Crippen LogP contribution in [0.3, 0.4) is 0 Å². The van der Waals surface area contributed by atoms with E-state index in [1.165, 1.54) is 6.33 Å². The van der Waals surface area contributed by atoms with Gasteiger partial charge in [0.25, 0.3) is 11.8 Å². The highest BCUT2D eigenvalue weighted by molar-refractivity contribution is 6.05. The van der Waals surface area contributed by atoms with E-state index in [1.807, 2.05) is 30.3 Å². The lowest BCUT2D eigenvalue weighted by Crippen LogP contribution is -3.00.